The highest BCUT2D eigenvalue weighted by Gasteiger charge is 2.11. The van der Waals surface area contributed by atoms with Gasteiger partial charge in [0, 0.05) is 0 Å². The normalized spacial score (nSPS) is 10.7. The van der Waals surface area contributed by atoms with E-state index in [9.17, 15) is 4.79 Å². The predicted molar refractivity (Wildman–Crippen MR) is 110 cm³/mol. The Hall–Kier alpha value is 0.0800. The van der Waals surface area contributed by atoms with E-state index >= 15 is 0 Å². The van der Waals surface area contributed by atoms with Crippen molar-refractivity contribution in [3.8, 4) is 0 Å². The van der Waals surface area contributed by atoms with Crippen LogP contribution in [0.25, 0.3) is 0 Å². The molecule has 0 aliphatic rings. The van der Waals surface area contributed by atoms with Gasteiger partial charge in [-0.2, -0.15) is 0 Å². The number of ether oxygens (including phenoxy) is 1. The minimum atomic E-state index is -0.646. The average Bonchev–Trinajstić information content (AvgIpc) is 2.60. The van der Waals surface area contributed by atoms with Gasteiger partial charge in [-0.1, -0.05) is 132 Å². The molecule has 0 fully saturated rings. The van der Waals surface area contributed by atoms with E-state index in [1.165, 1.54) is 83.5 Å². The van der Waals surface area contributed by atoms with Gasteiger partial charge in [0.25, 0.3) is 0 Å². The molecule has 0 aromatic carbocycles. The maximum absolute atomic E-state index is 11.4. The average molecular weight is 414 g/mol. The summed E-state index contributed by atoms with van der Waals surface area (Å²) in [5.74, 6) is -0.646. The van der Waals surface area contributed by atoms with Crippen molar-refractivity contribution in [3.63, 3.8) is 0 Å². The minimum absolute atomic E-state index is 0.246. The van der Waals surface area contributed by atoms with Crippen LogP contribution in [0.5, 0.6) is 0 Å². The molecule has 0 aromatic rings. The van der Waals surface area contributed by atoms with Crippen molar-refractivity contribution in [1.82, 2.24) is 0 Å². The Kier molecular flexibility index (Phi) is 18.9. The Morgan fingerprint density at radius 2 is 1.00 bits per heavy atom. The molecule has 0 saturated heterocycles. The van der Waals surface area contributed by atoms with Crippen molar-refractivity contribution < 1.29 is 9.53 Å². The number of carbonyl (C=O) groups is 1. The number of esters is 1. The van der Waals surface area contributed by atoms with E-state index in [2.05, 4.69) is 6.92 Å². The molecule has 25 heavy (non-hydrogen) atoms. The molecule has 0 amide bonds. The number of carbonyl (C=O) groups excluding carboxylic acids is 1. The molecule has 0 aromatic heterocycles. The zero-order chi connectivity index (χ0) is 18.8. The molecular formula is C20H35Cl3O2. The molecule has 0 atom stereocenters. The van der Waals surface area contributed by atoms with Crippen molar-refractivity contribution >= 4 is 40.8 Å². The molecule has 0 spiro atoms. The fourth-order valence-electron chi connectivity index (χ4n) is 2.78. The van der Waals surface area contributed by atoms with E-state index in [1.807, 2.05) is 0 Å². The van der Waals surface area contributed by atoms with Crippen LogP contribution in [0.2, 0.25) is 0 Å². The molecule has 0 bridgehead atoms. The van der Waals surface area contributed by atoms with Gasteiger partial charge < -0.3 is 4.74 Å². The van der Waals surface area contributed by atoms with Crippen LogP contribution in [0.15, 0.2) is 9.52 Å². The van der Waals surface area contributed by atoms with E-state index in [-0.39, 0.29) is 9.52 Å². The summed E-state index contributed by atoms with van der Waals surface area (Å²) in [4.78, 5) is 11.4. The number of rotatable bonds is 17. The maximum atomic E-state index is 11.4. The van der Waals surface area contributed by atoms with Gasteiger partial charge in [-0.3, -0.25) is 0 Å². The second-order valence-corrected chi connectivity index (χ2v) is 7.99. The first-order chi connectivity index (χ1) is 12.1. The Bertz CT molecular complexity index is 353. The molecule has 0 radical (unpaired) electrons. The van der Waals surface area contributed by atoms with Crippen molar-refractivity contribution in [3.05, 3.63) is 9.52 Å². The van der Waals surface area contributed by atoms with Crippen molar-refractivity contribution in [2.24, 2.45) is 0 Å². The fourth-order valence-corrected chi connectivity index (χ4v) is 2.99. The van der Waals surface area contributed by atoms with Crippen LogP contribution >= 0.6 is 34.8 Å². The molecule has 0 unspecified atom stereocenters. The van der Waals surface area contributed by atoms with Crippen LogP contribution in [0, 0.1) is 0 Å². The topological polar surface area (TPSA) is 26.3 Å². The summed E-state index contributed by atoms with van der Waals surface area (Å²) in [5.41, 5.74) is 0. The maximum Gasteiger partial charge on any atom is 0.352 e. The predicted octanol–water partition coefficient (Wildman–Crippen LogP) is 8.29. The summed E-state index contributed by atoms with van der Waals surface area (Å²) in [6.07, 6.45) is 19.6. The van der Waals surface area contributed by atoms with E-state index in [0.717, 1.165) is 12.8 Å². The van der Waals surface area contributed by atoms with Gasteiger partial charge in [0.1, 0.15) is 4.49 Å². The van der Waals surface area contributed by atoms with E-state index < -0.39 is 5.97 Å². The molecule has 0 rings (SSSR count). The van der Waals surface area contributed by atoms with Crippen LogP contribution in [0.3, 0.4) is 0 Å². The molecule has 0 N–H and O–H groups in total. The Labute approximate surface area is 169 Å². The van der Waals surface area contributed by atoms with Gasteiger partial charge in [-0.15, -0.1) is 0 Å². The minimum Gasteiger partial charge on any atom is -0.461 e. The van der Waals surface area contributed by atoms with E-state index in [4.69, 9.17) is 39.5 Å². The Morgan fingerprint density at radius 3 is 1.36 bits per heavy atom. The van der Waals surface area contributed by atoms with Crippen molar-refractivity contribution in [1.29, 1.82) is 0 Å². The van der Waals surface area contributed by atoms with E-state index in [1.54, 1.807) is 0 Å². The van der Waals surface area contributed by atoms with Crippen LogP contribution in [0.1, 0.15) is 103 Å². The van der Waals surface area contributed by atoms with Gasteiger partial charge in [0.15, 0.2) is 5.03 Å². The van der Waals surface area contributed by atoms with Gasteiger partial charge in [-0.05, 0) is 6.42 Å². The van der Waals surface area contributed by atoms with Crippen molar-refractivity contribution in [2.45, 2.75) is 103 Å². The Morgan fingerprint density at radius 1 is 0.640 bits per heavy atom. The smallest absolute Gasteiger partial charge is 0.352 e. The summed E-state index contributed by atoms with van der Waals surface area (Å²) < 4.78 is 4.73. The lowest BCUT2D eigenvalue weighted by molar-refractivity contribution is -0.138. The van der Waals surface area contributed by atoms with Crippen LogP contribution in [-0.2, 0) is 9.53 Å². The molecular weight excluding hydrogens is 379 g/mol. The number of halogens is 3. The lowest BCUT2D eigenvalue weighted by atomic mass is 10.0. The first-order valence-electron chi connectivity index (χ1n) is 9.97. The lowest BCUT2D eigenvalue weighted by Gasteiger charge is -2.05. The zero-order valence-electron chi connectivity index (χ0n) is 15.8. The highest BCUT2D eigenvalue weighted by Crippen LogP contribution is 2.19. The third-order valence-electron chi connectivity index (χ3n) is 4.33. The Balaban J connectivity index is 3.19. The fraction of sp³-hybridized carbons (Fsp3) is 0.850. The largest absolute Gasteiger partial charge is 0.461 e. The first-order valence-corrected chi connectivity index (χ1v) is 11.1. The second-order valence-electron chi connectivity index (χ2n) is 6.66. The first kappa shape index (κ1) is 25.1. The molecule has 5 heteroatoms. The SMILES string of the molecule is CCCCCCCCCCCCCCCCCOC(=O)C(Cl)=C(Cl)Cl. The summed E-state index contributed by atoms with van der Waals surface area (Å²) in [6.45, 7) is 2.64. The standard InChI is InChI=1S/C20H35Cl3O2/c1-2-3-4-5-6-7-8-9-10-11-12-13-14-15-16-17-25-20(24)18(21)19(22)23/h2-17H2,1H3. The zero-order valence-corrected chi connectivity index (χ0v) is 18.0. The lowest BCUT2D eigenvalue weighted by Crippen LogP contribution is -2.06. The highest BCUT2D eigenvalue weighted by atomic mass is 35.5. The number of unbranched alkanes of at least 4 members (excludes halogenated alkanes) is 14. The third kappa shape index (κ3) is 17.3. The van der Waals surface area contributed by atoms with Gasteiger partial charge >= 0.3 is 5.97 Å². The number of hydrogen-bond donors (Lipinski definition) is 0. The van der Waals surface area contributed by atoms with Gasteiger partial charge in [-0.25, -0.2) is 4.79 Å². The highest BCUT2D eigenvalue weighted by molar-refractivity contribution is 6.62. The summed E-state index contributed by atoms with van der Waals surface area (Å²) in [6, 6.07) is 0. The summed E-state index contributed by atoms with van der Waals surface area (Å²) in [7, 11) is 0. The quantitative estimate of drug-likeness (QED) is 0.136. The van der Waals surface area contributed by atoms with Crippen LogP contribution in [-0.4, -0.2) is 12.6 Å². The third-order valence-corrected chi connectivity index (χ3v) is 5.24. The van der Waals surface area contributed by atoms with Crippen molar-refractivity contribution in [2.75, 3.05) is 6.61 Å². The van der Waals surface area contributed by atoms with E-state index in [0.29, 0.717) is 6.61 Å². The molecule has 0 saturated carbocycles. The summed E-state index contributed by atoms with van der Waals surface area (Å²) in [5, 5.41) is -0.246. The second kappa shape index (κ2) is 18.9. The summed E-state index contributed by atoms with van der Waals surface area (Å²) >= 11 is 16.4. The van der Waals surface area contributed by atoms with Gasteiger partial charge in [0.2, 0.25) is 0 Å². The molecule has 0 aliphatic carbocycles. The van der Waals surface area contributed by atoms with Gasteiger partial charge in [0.05, 0.1) is 6.61 Å². The van der Waals surface area contributed by atoms with Crippen LogP contribution in [0.4, 0.5) is 0 Å². The number of hydrogen-bond acceptors (Lipinski definition) is 2. The molecule has 0 heterocycles. The van der Waals surface area contributed by atoms with Crippen LogP contribution < -0.4 is 0 Å². The monoisotopic (exact) mass is 412 g/mol. The molecule has 0 aliphatic heterocycles. The molecule has 148 valence electrons. The molecule has 2 nitrogen and oxygen atoms in total.